The molecule has 4 aromatic rings. The lowest BCUT2D eigenvalue weighted by molar-refractivity contribution is -0.113. The molecule has 0 spiro atoms. The fraction of sp³-hybridized carbons (Fsp3) is 0.148. The van der Waals surface area contributed by atoms with Gasteiger partial charge in [-0.3, -0.25) is 14.2 Å². The Hall–Kier alpha value is -3.95. The van der Waals surface area contributed by atoms with Crippen LogP contribution in [0.1, 0.15) is 29.0 Å². The van der Waals surface area contributed by atoms with Gasteiger partial charge in [0.1, 0.15) is 6.04 Å². The second-order valence-corrected chi connectivity index (χ2v) is 10.3. The third kappa shape index (κ3) is 4.27. The highest BCUT2D eigenvalue weighted by atomic mass is 32.1. The van der Waals surface area contributed by atoms with Crippen LogP contribution in [0, 0.1) is 6.92 Å². The third-order valence-electron chi connectivity index (χ3n) is 5.97. The molecule has 36 heavy (non-hydrogen) atoms. The Morgan fingerprint density at radius 1 is 1.17 bits per heavy atom. The number of amides is 1. The molecule has 2 N–H and O–H groups in total. The predicted molar refractivity (Wildman–Crippen MR) is 143 cm³/mol. The number of allylic oxidation sites excluding steroid dienone is 1. The molecule has 1 amide bonds. The number of methoxy groups -OCH3 is 1. The van der Waals surface area contributed by atoms with E-state index in [1.807, 2.05) is 48.7 Å². The Kier molecular flexibility index (Phi) is 6.34. The fourth-order valence-corrected chi connectivity index (χ4v) is 6.04. The van der Waals surface area contributed by atoms with E-state index in [4.69, 9.17) is 4.74 Å². The van der Waals surface area contributed by atoms with Gasteiger partial charge < -0.3 is 15.2 Å². The maximum absolute atomic E-state index is 13.7. The van der Waals surface area contributed by atoms with E-state index in [1.54, 1.807) is 29.7 Å². The third-order valence-corrected chi connectivity index (χ3v) is 7.88. The number of carbonyl (C=O) groups is 1. The van der Waals surface area contributed by atoms with Crippen LogP contribution in [-0.4, -0.2) is 22.7 Å². The topological polar surface area (TPSA) is 92.9 Å². The van der Waals surface area contributed by atoms with Crippen molar-refractivity contribution in [2.75, 3.05) is 12.4 Å². The summed E-state index contributed by atoms with van der Waals surface area (Å²) in [5, 5.41) is 14.8. The first-order valence-electron chi connectivity index (χ1n) is 11.2. The van der Waals surface area contributed by atoms with Crippen LogP contribution in [0.3, 0.4) is 0 Å². The fourth-order valence-electron chi connectivity index (χ4n) is 4.17. The predicted octanol–water partition coefficient (Wildman–Crippen LogP) is 3.96. The van der Waals surface area contributed by atoms with Gasteiger partial charge in [0.05, 0.1) is 22.9 Å². The maximum atomic E-state index is 13.7. The first kappa shape index (κ1) is 23.8. The number of aryl methyl sites for hydroxylation is 1. The second-order valence-electron chi connectivity index (χ2n) is 8.30. The molecule has 1 aliphatic rings. The quantitative estimate of drug-likeness (QED) is 0.419. The van der Waals surface area contributed by atoms with Crippen LogP contribution in [0.15, 0.2) is 81.0 Å². The summed E-state index contributed by atoms with van der Waals surface area (Å²) in [5.74, 6) is 0.0502. The Labute approximate surface area is 215 Å². The van der Waals surface area contributed by atoms with Crippen molar-refractivity contribution in [2.24, 2.45) is 4.99 Å². The Morgan fingerprint density at radius 3 is 2.69 bits per heavy atom. The van der Waals surface area contributed by atoms with E-state index in [1.165, 1.54) is 35.8 Å². The number of fused-ring (bicyclic) bond motifs is 1. The average molecular weight is 518 g/mol. The van der Waals surface area contributed by atoms with E-state index < -0.39 is 6.04 Å². The van der Waals surface area contributed by atoms with E-state index in [9.17, 15) is 14.7 Å². The largest absolute Gasteiger partial charge is 0.504 e. The smallest absolute Gasteiger partial charge is 0.271 e. The molecule has 0 saturated carbocycles. The van der Waals surface area contributed by atoms with E-state index in [0.29, 0.717) is 37.6 Å². The first-order chi connectivity index (χ1) is 17.4. The van der Waals surface area contributed by atoms with Crippen LogP contribution >= 0.6 is 22.7 Å². The van der Waals surface area contributed by atoms with Crippen LogP contribution < -0.4 is 24.9 Å². The maximum Gasteiger partial charge on any atom is 0.271 e. The molecule has 1 atom stereocenters. The standard InChI is InChI=1S/C27H23N3O4S2/c1-15-7-4-5-8-18(15)29-25(32)23-16(2)28-27-30(24(23)21-9-6-12-35-21)26(33)22(36-27)14-17-10-11-19(31)20(13-17)34-3/h4-14,24,31H,1-3H3,(H,29,32)/b22-14+/t24-/m0/s1. The summed E-state index contributed by atoms with van der Waals surface area (Å²) in [6.07, 6.45) is 1.74. The lowest BCUT2D eigenvalue weighted by Crippen LogP contribution is -2.40. The van der Waals surface area contributed by atoms with Gasteiger partial charge in [-0.2, -0.15) is 0 Å². The lowest BCUT2D eigenvalue weighted by Gasteiger charge is -2.24. The molecule has 2 aromatic heterocycles. The van der Waals surface area contributed by atoms with Gasteiger partial charge in [-0.05, 0) is 60.7 Å². The number of benzene rings is 2. The molecule has 0 radical (unpaired) electrons. The van der Waals surface area contributed by atoms with Crippen molar-refractivity contribution in [3.8, 4) is 11.5 Å². The number of ether oxygens (including phenoxy) is 1. The van der Waals surface area contributed by atoms with Gasteiger partial charge in [0, 0.05) is 10.6 Å². The van der Waals surface area contributed by atoms with Gasteiger partial charge in [0.25, 0.3) is 11.5 Å². The van der Waals surface area contributed by atoms with E-state index >= 15 is 0 Å². The number of phenolic OH excluding ortho intramolecular Hbond substituents is 1. The zero-order chi connectivity index (χ0) is 25.4. The van der Waals surface area contributed by atoms with Crippen molar-refractivity contribution >= 4 is 40.3 Å². The summed E-state index contributed by atoms with van der Waals surface area (Å²) in [4.78, 5) is 33.3. The van der Waals surface area contributed by atoms with Crippen LogP contribution in [0.25, 0.3) is 6.08 Å². The molecule has 0 unspecified atom stereocenters. The summed E-state index contributed by atoms with van der Waals surface area (Å²) >= 11 is 2.75. The number of anilines is 1. The molecule has 1 aliphatic heterocycles. The van der Waals surface area contributed by atoms with Gasteiger partial charge >= 0.3 is 0 Å². The number of para-hydroxylation sites is 1. The monoisotopic (exact) mass is 517 g/mol. The van der Waals surface area contributed by atoms with Crippen LogP contribution in [0.5, 0.6) is 11.5 Å². The van der Waals surface area contributed by atoms with Crippen molar-refractivity contribution in [2.45, 2.75) is 19.9 Å². The molecule has 5 rings (SSSR count). The number of hydrogen-bond acceptors (Lipinski definition) is 7. The normalized spacial score (nSPS) is 15.4. The number of thiophene rings is 1. The molecule has 3 heterocycles. The molecular formula is C27H23N3O4S2. The molecule has 0 fully saturated rings. The summed E-state index contributed by atoms with van der Waals surface area (Å²) in [7, 11) is 1.47. The average Bonchev–Trinajstić information content (AvgIpc) is 3.49. The lowest BCUT2D eigenvalue weighted by atomic mass is 10.0. The number of carbonyl (C=O) groups excluding carboxylic acids is 1. The van der Waals surface area contributed by atoms with Gasteiger partial charge in [-0.25, -0.2) is 4.99 Å². The van der Waals surface area contributed by atoms with Crippen LogP contribution in [0.2, 0.25) is 0 Å². The molecule has 0 saturated heterocycles. The summed E-state index contributed by atoms with van der Waals surface area (Å²) < 4.78 is 7.26. The minimum atomic E-state index is -0.596. The number of nitrogens with zero attached hydrogens (tertiary/aromatic N) is 2. The zero-order valence-corrected chi connectivity index (χ0v) is 21.4. The Bertz CT molecular complexity index is 1680. The number of thiazole rings is 1. The molecule has 0 aliphatic carbocycles. The first-order valence-corrected chi connectivity index (χ1v) is 12.9. The van der Waals surface area contributed by atoms with E-state index in [2.05, 4.69) is 10.3 Å². The molecule has 9 heteroatoms. The molecule has 7 nitrogen and oxygen atoms in total. The second kappa shape index (κ2) is 9.60. The number of aromatic nitrogens is 1. The molecule has 2 aromatic carbocycles. The summed E-state index contributed by atoms with van der Waals surface area (Å²) in [6.45, 7) is 3.73. The van der Waals surface area contributed by atoms with Crippen molar-refractivity contribution < 1.29 is 14.6 Å². The zero-order valence-electron chi connectivity index (χ0n) is 19.8. The SMILES string of the molecule is COc1cc(/C=c2/sc3n(c2=O)[C@@H](c2cccs2)C(C(=O)Nc2ccccc2C)=C(C)N=3)ccc1O. The number of hydrogen-bond donors (Lipinski definition) is 2. The van der Waals surface area contributed by atoms with Crippen molar-refractivity contribution in [1.29, 1.82) is 0 Å². The van der Waals surface area contributed by atoms with Crippen molar-refractivity contribution in [3.63, 3.8) is 0 Å². The van der Waals surface area contributed by atoms with Gasteiger partial charge in [0.15, 0.2) is 16.3 Å². The highest BCUT2D eigenvalue weighted by Crippen LogP contribution is 2.33. The van der Waals surface area contributed by atoms with Crippen molar-refractivity contribution in [3.05, 3.63) is 107 Å². The number of nitrogens with one attached hydrogen (secondary N) is 1. The van der Waals surface area contributed by atoms with Crippen LogP contribution in [-0.2, 0) is 4.79 Å². The van der Waals surface area contributed by atoms with Crippen LogP contribution in [0.4, 0.5) is 5.69 Å². The van der Waals surface area contributed by atoms with E-state index in [-0.39, 0.29) is 17.2 Å². The number of aromatic hydroxyl groups is 1. The van der Waals surface area contributed by atoms with E-state index in [0.717, 1.165) is 10.4 Å². The van der Waals surface area contributed by atoms with Crippen molar-refractivity contribution in [1.82, 2.24) is 4.57 Å². The molecule has 0 bridgehead atoms. The highest BCUT2D eigenvalue weighted by Gasteiger charge is 2.33. The van der Waals surface area contributed by atoms with Gasteiger partial charge in [-0.15, -0.1) is 11.3 Å². The van der Waals surface area contributed by atoms with Gasteiger partial charge in [-0.1, -0.05) is 41.7 Å². The minimum Gasteiger partial charge on any atom is -0.504 e. The molecule has 182 valence electrons. The molecular weight excluding hydrogens is 494 g/mol. The summed E-state index contributed by atoms with van der Waals surface area (Å²) in [5.41, 5.74) is 3.13. The number of rotatable bonds is 5. The van der Waals surface area contributed by atoms with Gasteiger partial charge in [0.2, 0.25) is 0 Å². The highest BCUT2D eigenvalue weighted by molar-refractivity contribution is 7.10. The minimum absolute atomic E-state index is 0.0220. The summed E-state index contributed by atoms with van der Waals surface area (Å²) in [6, 6.07) is 15.7. The number of phenols is 1. The Morgan fingerprint density at radius 2 is 1.97 bits per heavy atom. The Balaban J connectivity index is 1.64.